The van der Waals surface area contributed by atoms with Crippen molar-refractivity contribution in [1.29, 1.82) is 0 Å². The van der Waals surface area contributed by atoms with E-state index in [9.17, 15) is 0 Å². The van der Waals surface area contributed by atoms with Crippen LogP contribution in [0, 0.1) is 33.8 Å². The molecule has 0 saturated heterocycles. The van der Waals surface area contributed by atoms with E-state index in [0.29, 0.717) is 0 Å². The summed E-state index contributed by atoms with van der Waals surface area (Å²) in [4.78, 5) is 4.84. The first-order valence-corrected chi connectivity index (χ1v) is 16.7. The molecule has 0 unspecified atom stereocenters. The molecule has 0 saturated carbocycles. The summed E-state index contributed by atoms with van der Waals surface area (Å²) < 4.78 is 2.20. The number of hydrogen-bond donors (Lipinski definition) is 0. The third kappa shape index (κ3) is 6.77. The van der Waals surface area contributed by atoms with Gasteiger partial charge in [-0.25, -0.2) is 0 Å². The molecule has 5 aromatic carbocycles. The average Bonchev–Trinajstić information content (AvgIpc) is 3.50. The summed E-state index contributed by atoms with van der Waals surface area (Å²) >= 11 is 0. The quantitative estimate of drug-likeness (QED) is 0.159. The fourth-order valence-electron chi connectivity index (χ4n) is 6.86. The van der Waals surface area contributed by atoms with Crippen LogP contribution in [0.25, 0.3) is 50.5 Å². The molecule has 1 heterocycles. The Balaban J connectivity index is 0.00000451. The predicted molar refractivity (Wildman–Crippen MR) is 200 cm³/mol. The summed E-state index contributed by atoms with van der Waals surface area (Å²) in [6, 6.07) is 37.2. The van der Waals surface area contributed by atoms with E-state index in [1.165, 1.54) is 72.4 Å². The first-order valence-electron chi connectivity index (χ1n) is 16.7. The van der Waals surface area contributed by atoms with Crippen molar-refractivity contribution in [3.05, 3.63) is 143 Å². The van der Waals surface area contributed by atoms with Crippen molar-refractivity contribution in [2.75, 3.05) is 0 Å². The summed E-state index contributed by atoms with van der Waals surface area (Å²) in [7, 11) is 0. The molecule has 0 atom stereocenters. The van der Waals surface area contributed by atoms with Crippen LogP contribution in [-0.2, 0) is 30.9 Å². The molecule has 0 bridgehead atoms. The van der Waals surface area contributed by atoms with E-state index in [0.717, 1.165) is 11.4 Å². The Morgan fingerprint density at radius 3 is 1.58 bits per heavy atom. The van der Waals surface area contributed by atoms with Crippen LogP contribution in [0.15, 0.2) is 103 Å². The zero-order chi connectivity index (χ0) is 33.7. The second-order valence-electron chi connectivity index (χ2n) is 15.1. The molecule has 0 N–H and O–H groups in total. The zero-order valence-corrected chi connectivity index (χ0v) is 32.4. The van der Waals surface area contributed by atoms with Crippen molar-refractivity contribution >= 4 is 0 Å². The van der Waals surface area contributed by atoms with Crippen LogP contribution in [-0.4, -0.2) is 9.55 Å². The van der Waals surface area contributed by atoms with E-state index in [1.54, 1.807) is 0 Å². The molecule has 247 valence electrons. The maximum Gasteiger partial charge on any atom is 0.0603 e. The molecule has 0 aliphatic rings. The first-order chi connectivity index (χ1) is 22.2. The van der Waals surface area contributed by atoms with E-state index in [4.69, 9.17) is 4.98 Å². The van der Waals surface area contributed by atoms with Crippen molar-refractivity contribution in [1.82, 2.24) is 9.55 Å². The molecule has 2 nitrogen and oxygen atoms in total. The van der Waals surface area contributed by atoms with Gasteiger partial charge in [0, 0.05) is 38.2 Å². The molecule has 6 rings (SSSR count). The van der Waals surface area contributed by atoms with Crippen LogP contribution in [0.5, 0.6) is 0 Å². The molecule has 0 aliphatic carbocycles. The second-order valence-corrected chi connectivity index (χ2v) is 15.1. The third-order valence-electron chi connectivity index (χ3n) is 9.62. The summed E-state index contributed by atoms with van der Waals surface area (Å²) in [5, 5.41) is 0. The molecule has 0 amide bonds. The topological polar surface area (TPSA) is 17.8 Å². The molecule has 48 heavy (non-hydrogen) atoms. The van der Waals surface area contributed by atoms with Gasteiger partial charge in [0.15, 0.2) is 0 Å². The molecule has 0 spiro atoms. The van der Waals surface area contributed by atoms with E-state index in [2.05, 4.69) is 177 Å². The second kappa shape index (κ2) is 13.5. The maximum absolute atomic E-state index is 4.84. The number of rotatable bonds is 5. The Hall–Kier alpha value is -4.04. The number of benzene rings is 5. The number of imidazole rings is 1. The molecule has 0 aliphatic heterocycles. The van der Waals surface area contributed by atoms with Gasteiger partial charge in [-0.05, 0) is 106 Å². The fourth-order valence-corrected chi connectivity index (χ4v) is 6.86. The monoisotopic (exact) mass is 808 g/mol. The van der Waals surface area contributed by atoms with Gasteiger partial charge in [-0.1, -0.05) is 108 Å². The standard InChI is InChI=1S/C45H47N2.Ir/c1-29-13-11-14-30(2)42(29)47-26-25-46-43(47)36-16-12-15-35(27-36)41-31(3)39(33-17-21-37(22-18-33)44(5,6)7)28-40(32(41)4)34-19-23-38(24-20-34)45(8,9)10;/h11-15,17-28H,1-10H3;/q-1;. The minimum Gasteiger partial charge on any atom is -0.340 e. The van der Waals surface area contributed by atoms with Crippen LogP contribution >= 0.6 is 0 Å². The van der Waals surface area contributed by atoms with Gasteiger partial charge < -0.3 is 4.57 Å². The Bertz CT molecular complexity index is 1960. The van der Waals surface area contributed by atoms with Gasteiger partial charge in [-0.2, -0.15) is 0 Å². The van der Waals surface area contributed by atoms with E-state index in [1.807, 2.05) is 6.20 Å². The molecule has 1 aromatic heterocycles. The number of aryl methyl sites for hydroxylation is 2. The molecular weight excluding hydrogens is 761 g/mol. The predicted octanol–water partition coefficient (Wildman–Crippen LogP) is 12.2. The summed E-state index contributed by atoms with van der Waals surface area (Å²) in [6.07, 6.45) is 3.95. The Labute approximate surface area is 301 Å². The molecule has 1 radical (unpaired) electrons. The maximum atomic E-state index is 4.84. The van der Waals surface area contributed by atoms with Gasteiger partial charge in [0.25, 0.3) is 0 Å². The van der Waals surface area contributed by atoms with Crippen LogP contribution in [0.1, 0.15) is 74.9 Å². The average molecular weight is 808 g/mol. The van der Waals surface area contributed by atoms with Crippen LogP contribution in [0.4, 0.5) is 0 Å². The van der Waals surface area contributed by atoms with Crippen molar-refractivity contribution in [2.24, 2.45) is 0 Å². The normalized spacial score (nSPS) is 11.8. The smallest absolute Gasteiger partial charge is 0.0603 e. The molecule has 6 aromatic rings. The van der Waals surface area contributed by atoms with E-state index < -0.39 is 0 Å². The Morgan fingerprint density at radius 2 is 1.10 bits per heavy atom. The fraction of sp³-hybridized carbons (Fsp3) is 0.267. The number of para-hydroxylation sites is 1. The van der Waals surface area contributed by atoms with Gasteiger partial charge in [0.05, 0.1) is 5.82 Å². The molecular formula is C45H47IrN2-. The van der Waals surface area contributed by atoms with E-state index in [-0.39, 0.29) is 30.9 Å². The third-order valence-corrected chi connectivity index (χ3v) is 9.62. The van der Waals surface area contributed by atoms with E-state index >= 15 is 0 Å². The Kier molecular flexibility index (Phi) is 9.89. The SMILES string of the molecule is Cc1cccc(C)c1-n1ccnc1-c1[c-]ccc(-c2c(C)c(-c3ccc(C(C)(C)C)cc3)cc(-c3ccc(C(C)(C)C)cc3)c2C)c1.[Ir]. The number of aromatic nitrogens is 2. The minimum absolute atomic E-state index is 0. The Morgan fingerprint density at radius 1 is 0.604 bits per heavy atom. The van der Waals surface area contributed by atoms with Crippen LogP contribution in [0.3, 0.4) is 0 Å². The summed E-state index contributed by atoms with van der Waals surface area (Å²) in [5.74, 6) is 0.895. The van der Waals surface area contributed by atoms with Gasteiger partial charge in [-0.3, -0.25) is 4.98 Å². The van der Waals surface area contributed by atoms with Crippen molar-refractivity contribution in [3.63, 3.8) is 0 Å². The van der Waals surface area contributed by atoms with Crippen LogP contribution in [0.2, 0.25) is 0 Å². The van der Waals surface area contributed by atoms with Gasteiger partial charge in [0.2, 0.25) is 0 Å². The summed E-state index contributed by atoms with van der Waals surface area (Å²) in [5.41, 5.74) is 17.4. The number of nitrogens with zero attached hydrogens (tertiary/aromatic N) is 2. The molecule has 3 heteroatoms. The summed E-state index contributed by atoms with van der Waals surface area (Å²) in [6.45, 7) is 22.5. The van der Waals surface area contributed by atoms with Gasteiger partial charge in [0.1, 0.15) is 0 Å². The largest absolute Gasteiger partial charge is 0.340 e. The van der Waals surface area contributed by atoms with Crippen molar-refractivity contribution in [3.8, 4) is 50.5 Å². The minimum atomic E-state index is 0. The van der Waals surface area contributed by atoms with Crippen molar-refractivity contribution in [2.45, 2.75) is 80.1 Å². The van der Waals surface area contributed by atoms with Crippen LogP contribution < -0.4 is 0 Å². The van der Waals surface area contributed by atoms with Crippen molar-refractivity contribution < 1.29 is 20.1 Å². The first kappa shape index (κ1) is 35.3. The molecule has 0 fully saturated rings. The zero-order valence-electron chi connectivity index (χ0n) is 30.0. The van der Waals surface area contributed by atoms with Gasteiger partial charge in [-0.15, -0.1) is 35.4 Å². The van der Waals surface area contributed by atoms with Gasteiger partial charge >= 0.3 is 0 Å². The number of hydrogen-bond acceptors (Lipinski definition) is 1.